The molecule has 0 bridgehead atoms. The maximum Gasteiger partial charge on any atom is 0.409 e. The second kappa shape index (κ2) is 13.6. The molecule has 32 heavy (non-hydrogen) atoms. The van der Waals surface area contributed by atoms with Crippen molar-refractivity contribution in [2.75, 3.05) is 20.8 Å². The molecule has 1 aromatic rings. The Morgan fingerprint density at radius 1 is 0.938 bits per heavy atom. The first-order valence-electron chi connectivity index (χ1n) is 11.3. The molecule has 0 saturated carbocycles. The molecular weight excluding hydrogens is 422 g/mol. The Kier molecular flexibility index (Phi) is 12.0. The number of hydrogen-bond acceptors (Lipinski definition) is 5. The van der Waals surface area contributed by atoms with Gasteiger partial charge in [0.25, 0.3) is 0 Å². The number of amides is 1. The fourth-order valence-corrected chi connectivity index (χ4v) is 9.77. The van der Waals surface area contributed by atoms with Crippen LogP contribution < -0.4 is 5.32 Å². The molecule has 6 nitrogen and oxygen atoms in total. The number of nitrogens with one attached hydrogen (secondary N) is 1. The predicted octanol–water partition coefficient (Wildman–Crippen LogP) is 5.66. The van der Waals surface area contributed by atoms with Crippen molar-refractivity contribution in [1.82, 2.24) is 5.32 Å². The highest BCUT2D eigenvalue weighted by molar-refractivity contribution is 6.77. The van der Waals surface area contributed by atoms with Crippen molar-refractivity contribution in [3.8, 4) is 11.8 Å². The van der Waals surface area contributed by atoms with Gasteiger partial charge in [0.2, 0.25) is 20.7 Å². The van der Waals surface area contributed by atoms with E-state index in [4.69, 9.17) is 18.6 Å². The van der Waals surface area contributed by atoms with Crippen LogP contribution in [-0.2, 0) is 18.6 Å². The lowest BCUT2D eigenvalue weighted by molar-refractivity contribution is -0.148. The van der Waals surface area contributed by atoms with Crippen LogP contribution in [0.3, 0.4) is 0 Å². The molecule has 0 fully saturated rings. The van der Waals surface area contributed by atoms with Gasteiger partial charge in [-0.05, 0) is 29.1 Å². The van der Waals surface area contributed by atoms with Gasteiger partial charge >= 0.3 is 6.09 Å². The molecular formula is C25H41NO5Si. The number of carbonyl (C=O) groups excluding carboxylic acids is 1. The lowest BCUT2D eigenvalue weighted by Crippen LogP contribution is -2.47. The smallest absolute Gasteiger partial charge is 0.409 e. The van der Waals surface area contributed by atoms with Gasteiger partial charge in [0.05, 0.1) is 12.6 Å². The third-order valence-electron chi connectivity index (χ3n) is 5.93. The minimum absolute atomic E-state index is 0.209. The van der Waals surface area contributed by atoms with Crippen LogP contribution in [0.2, 0.25) is 16.6 Å². The zero-order valence-corrected chi connectivity index (χ0v) is 22.1. The van der Waals surface area contributed by atoms with Crippen LogP contribution in [0.1, 0.15) is 60.1 Å². The highest BCUT2D eigenvalue weighted by Crippen LogP contribution is 2.42. The maximum absolute atomic E-state index is 12.5. The highest BCUT2D eigenvalue weighted by Gasteiger charge is 2.44. The van der Waals surface area contributed by atoms with Crippen LogP contribution in [0, 0.1) is 11.8 Å². The van der Waals surface area contributed by atoms with Crippen molar-refractivity contribution in [2.45, 2.75) is 83.5 Å². The van der Waals surface area contributed by atoms with Gasteiger partial charge < -0.3 is 24.0 Å². The zero-order chi connectivity index (χ0) is 24.3. The van der Waals surface area contributed by atoms with E-state index in [1.165, 1.54) is 14.2 Å². The van der Waals surface area contributed by atoms with Crippen LogP contribution in [0.4, 0.5) is 4.79 Å². The summed E-state index contributed by atoms with van der Waals surface area (Å²) in [5.41, 5.74) is 2.37. The molecule has 0 radical (unpaired) electrons. The Labute approximate surface area is 195 Å². The summed E-state index contributed by atoms with van der Waals surface area (Å²) < 4.78 is 22.6. The lowest BCUT2D eigenvalue weighted by atomic mass is 10.1. The number of carbonyl (C=O) groups is 1. The van der Waals surface area contributed by atoms with Crippen LogP contribution in [0.5, 0.6) is 0 Å². The Hall–Kier alpha value is -1.85. The number of hydrogen-bond donors (Lipinski definition) is 1. The lowest BCUT2D eigenvalue weighted by Gasteiger charge is -2.41. The second-order valence-electron chi connectivity index (χ2n) is 8.87. The SMILES string of the molecule is COC(OC)[C@H](C#CCO[Si](C(C)C)(C(C)C)C(C)C)OC(=O)N[C@@H](C)c1ccccc1. The third kappa shape index (κ3) is 7.63. The van der Waals surface area contributed by atoms with Crippen LogP contribution >= 0.6 is 0 Å². The minimum atomic E-state index is -2.02. The van der Waals surface area contributed by atoms with E-state index in [0.29, 0.717) is 16.6 Å². The van der Waals surface area contributed by atoms with Crippen molar-refractivity contribution >= 4 is 14.4 Å². The fraction of sp³-hybridized carbons (Fsp3) is 0.640. The number of alkyl carbamates (subject to hydrolysis) is 1. The van der Waals surface area contributed by atoms with Gasteiger partial charge in [-0.15, -0.1) is 0 Å². The standard InChI is InChI=1S/C25H41NO5Si/c1-18(2)32(19(3)4,20(5)6)30-17-13-16-23(24(28-8)29-9)31-25(27)26-21(7)22-14-11-10-12-15-22/h10-12,14-15,18-21,23-24H,17H2,1-9H3,(H,26,27)/t21-,23-/m0/s1. The van der Waals surface area contributed by atoms with E-state index in [-0.39, 0.29) is 12.6 Å². The summed E-state index contributed by atoms with van der Waals surface area (Å²) in [4.78, 5) is 12.5. The molecule has 0 aliphatic rings. The number of rotatable bonds is 11. The summed E-state index contributed by atoms with van der Waals surface area (Å²) in [6.07, 6.45) is -2.27. The van der Waals surface area contributed by atoms with Gasteiger partial charge in [0.15, 0.2) is 0 Å². The first kappa shape index (κ1) is 28.2. The molecule has 1 N–H and O–H groups in total. The molecule has 7 heteroatoms. The minimum Gasteiger partial charge on any atom is -0.427 e. The van der Waals surface area contributed by atoms with E-state index < -0.39 is 26.8 Å². The van der Waals surface area contributed by atoms with Crippen LogP contribution in [-0.4, -0.2) is 47.6 Å². The van der Waals surface area contributed by atoms with Crippen molar-refractivity contribution in [3.63, 3.8) is 0 Å². The molecule has 0 unspecified atom stereocenters. The first-order valence-corrected chi connectivity index (χ1v) is 13.4. The van der Waals surface area contributed by atoms with Crippen LogP contribution in [0.25, 0.3) is 0 Å². The summed E-state index contributed by atoms with van der Waals surface area (Å²) in [6.45, 7) is 15.6. The fourth-order valence-electron chi connectivity index (χ4n) is 4.45. The quantitative estimate of drug-likeness (QED) is 0.261. The average Bonchev–Trinajstić information content (AvgIpc) is 2.74. The molecule has 0 saturated heterocycles. The largest absolute Gasteiger partial charge is 0.427 e. The normalized spacial score (nSPS) is 13.8. The summed E-state index contributed by atoms with van der Waals surface area (Å²) >= 11 is 0. The molecule has 0 heterocycles. The number of benzene rings is 1. The van der Waals surface area contributed by atoms with E-state index in [0.717, 1.165) is 5.56 Å². The number of methoxy groups -OCH3 is 2. The van der Waals surface area contributed by atoms with Crippen molar-refractivity contribution in [1.29, 1.82) is 0 Å². The van der Waals surface area contributed by atoms with E-state index in [1.807, 2.05) is 37.3 Å². The number of ether oxygens (including phenoxy) is 3. The van der Waals surface area contributed by atoms with E-state index >= 15 is 0 Å². The van der Waals surface area contributed by atoms with Gasteiger partial charge in [-0.3, -0.25) is 0 Å². The van der Waals surface area contributed by atoms with Crippen molar-refractivity contribution in [2.24, 2.45) is 0 Å². The Bertz CT molecular complexity index is 716. The molecule has 1 amide bonds. The Morgan fingerprint density at radius 2 is 1.47 bits per heavy atom. The average molecular weight is 464 g/mol. The van der Waals surface area contributed by atoms with Gasteiger partial charge in [-0.1, -0.05) is 83.7 Å². The van der Waals surface area contributed by atoms with Gasteiger partial charge in [-0.2, -0.15) is 0 Å². The molecule has 1 aromatic carbocycles. The molecule has 1 rings (SSSR count). The summed E-state index contributed by atoms with van der Waals surface area (Å²) in [5, 5.41) is 2.82. The molecule has 0 spiro atoms. The predicted molar refractivity (Wildman–Crippen MR) is 131 cm³/mol. The van der Waals surface area contributed by atoms with Crippen molar-refractivity contribution in [3.05, 3.63) is 35.9 Å². The summed E-state index contributed by atoms with van der Waals surface area (Å²) in [7, 11) is 0.955. The highest BCUT2D eigenvalue weighted by atomic mass is 28.4. The monoisotopic (exact) mass is 463 g/mol. The zero-order valence-electron chi connectivity index (χ0n) is 21.1. The summed E-state index contributed by atoms with van der Waals surface area (Å²) in [5.74, 6) is 6.01. The van der Waals surface area contributed by atoms with Gasteiger partial charge in [-0.25, -0.2) is 4.79 Å². The molecule has 180 valence electrons. The topological polar surface area (TPSA) is 66.0 Å². The molecule has 0 aliphatic carbocycles. The van der Waals surface area contributed by atoms with Crippen LogP contribution in [0.15, 0.2) is 30.3 Å². The maximum atomic E-state index is 12.5. The van der Waals surface area contributed by atoms with Gasteiger partial charge in [0, 0.05) is 14.2 Å². The van der Waals surface area contributed by atoms with Gasteiger partial charge in [0.1, 0.15) is 0 Å². The summed E-state index contributed by atoms with van der Waals surface area (Å²) in [6, 6.07) is 9.46. The Morgan fingerprint density at radius 3 is 1.94 bits per heavy atom. The Balaban J connectivity index is 2.88. The molecule has 0 aromatic heterocycles. The molecule has 0 aliphatic heterocycles. The van der Waals surface area contributed by atoms with Crippen molar-refractivity contribution < 1.29 is 23.4 Å². The second-order valence-corrected chi connectivity index (χ2v) is 14.3. The first-order chi connectivity index (χ1) is 15.1. The third-order valence-corrected chi connectivity index (χ3v) is 12.0. The molecule has 2 atom stereocenters. The van der Waals surface area contributed by atoms with E-state index in [9.17, 15) is 4.79 Å². The van der Waals surface area contributed by atoms with E-state index in [2.05, 4.69) is 58.7 Å². The van der Waals surface area contributed by atoms with E-state index in [1.54, 1.807) is 0 Å².